The molecule has 31 heavy (non-hydrogen) atoms. The lowest BCUT2D eigenvalue weighted by Gasteiger charge is -2.41. The van der Waals surface area contributed by atoms with E-state index in [9.17, 15) is 4.79 Å². The summed E-state index contributed by atoms with van der Waals surface area (Å²) in [7, 11) is -1.81. The van der Waals surface area contributed by atoms with Crippen molar-refractivity contribution in [3.05, 3.63) is 101 Å². The van der Waals surface area contributed by atoms with Crippen molar-refractivity contribution in [3.63, 3.8) is 0 Å². The Kier molecular flexibility index (Phi) is 3.97. The molecule has 0 saturated heterocycles. The standard InChI is InChI=1S/C27H21NOSSi/c1-31(2)25-13-7-4-10-21(25)28(22-11-5-8-14-26(22)31)18-15-16-24-20(17-18)27(29)19-9-3-6-12-23(19)30-24/h3-17H,1-2H3. The van der Waals surface area contributed by atoms with E-state index in [2.05, 4.69) is 84.7 Å². The van der Waals surface area contributed by atoms with Crippen molar-refractivity contribution in [1.82, 2.24) is 0 Å². The molecule has 0 radical (unpaired) electrons. The van der Waals surface area contributed by atoms with Crippen LogP contribution in [0.1, 0.15) is 0 Å². The largest absolute Gasteiger partial charge is 0.311 e. The van der Waals surface area contributed by atoms with Crippen LogP contribution in [0.5, 0.6) is 0 Å². The smallest absolute Gasteiger partial charge is 0.195 e. The van der Waals surface area contributed by atoms with E-state index in [1.54, 1.807) is 11.3 Å². The summed E-state index contributed by atoms with van der Waals surface area (Å²) in [5.41, 5.74) is 3.61. The summed E-state index contributed by atoms with van der Waals surface area (Å²) in [5, 5.41) is 4.44. The molecule has 0 saturated carbocycles. The zero-order chi connectivity index (χ0) is 21.2. The van der Waals surface area contributed by atoms with Crippen molar-refractivity contribution in [2.45, 2.75) is 13.1 Å². The Balaban J connectivity index is 1.66. The lowest BCUT2D eigenvalue weighted by atomic mass is 10.1. The number of benzene rings is 4. The van der Waals surface area contributed by atoms with Crippen LogP contribution in [0.3, 0.4) is 0 Å². The van der Waals surface area contributed by atoms with Gasteiger partial charge in [-0.2, -0.15) is 0 Å². The molecule has 0 amide bonds. The highest BCUT2D eigenvalue weighted by Gasteiger charge is 2.38. The molecule has 0 bridgehead atoms. The van der Waals surface area contributed by atoms with Gasteiger partial charge in [0, 0.05) is 37.2 Å². The zero-order valence-electron chi connectivity index (χ0n) is 17.4. The van der Waals surface area contributed by atoms with E-state index in [4.69, 9.17) is 0 Å². The third-order valence-electron chi connectivity index (χ3n) is 6.45. The molecule has 2 nitrogen and oxygen atoms in total. The average molecular weight is 436 g/mol. The fourth-order valence-electron chi connectivity index (χ4n) is 4.88. The second kappa shape index (κ2) is 6.64. The summed E-state index contributed by atoms with van der Waals surface area (Å²) in [6.07, 6.45) is 0. The van der Waals surface area contributed by atoms with Crippen molar-refractivity contribution in [1.29, 1.82) is 0 Å². The highest BCUT2D eigenvalue weighted by molar-refractivity contribution is 7.24. The molecule has 2 heterocycles. The molecule has 1 aromatic heterocycles. The maximum absolute atomic E-state index is 13.3. The molecule has 150 valence electrons. The quantitative estimate of drug-likeness (QED) is 0.237. The molecule has 0 fully saturated rings. The molecule has 0 spiro atoms. The molecule has 1 aliphatic heterocycles. The van der Waals surface area contributed by atoms with Crippen LogP contribution in [-0.2, 0) is 0 Å². The fraction of sp³-hybridized carbons (Fsp3) is 0.0741. The van der Waals surface area contributed by atoms with Gasteiger partial charge in [0.05, 0.1) is 0 Å². The Morgan fingerprint density at radius 2 is 1.26 bits per heavy atom. The van der Waals surface area contributed by atoms with Crippen molar-refractivity contribution < 1.29 is 0 Å². The normalized spacial score (nSPS) is 14.5. The van der Waals surface area contributed by atoms with Gasteiger partial charge >= 0.3 is 0 Å². The molecule has 1 aliphatic rings. The van der Waals surface area contributed by atoms with Crippen molar-refractivity contribution in [2.24, 2.45) is 0 Å². The Morgan fingerprint density at radius 3 is 1.97 bits per heavy atom. The van der Waals surface area contributed by atoms with Crippen molar-refractivity contribution in [2.75, 3.05) is 4.90 Å². The van der Waals surface area contributed by atoms with Gasteiger partial charge in [0.15, 0.2) is 5.43 Å². The van der Waals surface area contributed by atoms with Crippen LogP contribution in [0, 0.1) is 0 Å². The molecular weight excluding hydrogens is 414 g/mol. The Labute approximate surface area is 186 Å². The highest BCUT2D eigenvalue weighted by atomic mass is 32.1. The van der Waals surface area contributed by atoms with Gasteiger partial charge in [0.25, 0.3) is 0 Å². The maximum atomic E-state index is 13.3. The third kappa shape index (κ3) is 2.65. The summed E-state index contributed by atoms with van der Waals surface area (Å²) in [6.45, 7) is 4.85. The third-order valence-corrected chi connectivity index (χ3v) is 11.1. The lowest BCUT2D eigenvalue weighted by Crippen LogP contribution is -2.58. The van der Waals surface area contributed by atoms with Gasteiger partial charge in [-0.15, -0.1) is 11.3 Å². The Bertz CT molecular complexity index is 1500. The van der Waals surface area contributed by atoms with Crippen molar-refractivity contribution in [3.8, 4) is 0 Å². The number of hydrogen-bond acceptors (Lipinski definition) is 3. The number of rotatable bonds is 1. The SMILES string of the molecule is C[Si]1(C)c2ccccc2N(c2ccc3sc4ccccc4c(=O)c3c2)c2ccccc21. The minimum atomic E-state index is -1.81. The highest BCUT2D eigenvalue weighted by Crippen LogP contribution is 2.39. The van der Waals surface area contributed by atoms with E-state index in [-0.39, 0.29) is 5.43 Å². The zero-order valence-corrected chi connectivity index (χ0v) is 19.2. The van der Waals surface area contributed by atoms with Gasteiger partial charge in [0.2, 0.25) is 0 Å². The monoisotopic (exact) mass is 435 g/mol. The summed E-state index contributed by atoms with van der Waals surface area (Å²) < 4.78 is 2.06. The molecule has 0 atom stereocenters. The maximum Gasteiger partial charge on any atom is 0.195 e. The van der Waals surface area contributed by atoms with E-state index < -0.39 is 8.07 Å². The van der Waals surface area contributed by atoms with Crippen LogP contribution in [0.4, 0.5) is 17.1 Å². The van der Waals surface area contributed by atoms with Gasteiger partial charge in [-0.3, -0.25) is 4.79 Å². The van der Waals surface area contributed by atoms with Crippen LogP contribution in [0.15, 0.2) is 95.8 Å². The van der Waals surface area contributed by atoms with Gasteiger partial charge in [-0.05, 0) is 52.8 Å². The van der Waals surface area contributed by atoms with Crippen LogP contribution >= 0.6 is 11.3 Å². The minimum absolute atomic E-state index is 0.111. The molecule has 4 heteroatoms. The molecule has 4 aromatic carbocycles. The first-order chi connectivity index (χ1) is 15.1. The first-order valence-electron chi connectivity index (χ1n) is 10.5. The Hall–Kier alpha value is -3.21. The summed E-state index contributed by atoms with van der Waals surface area (Å²) >= 11 is 1.68. The second-order valence-corrected chi connectivity index (χ2v) is 14.0. The van der Waals surface area contributed by atoms with Crippen molar-refractivity contribution >= 4 is 67.0 Å². The van der Waals surface area contributed by atoms with E-state index in [0.717, 1.165) is 25.9 Å². The predicted molar refractivity (Wildman–Crippen MR) is 137 cm³/mol. The minimum Gasteiger partial charge on any atom is -0.311 e. The predicted octanol–water partition coefficient (Wildman–Crippen LogP) is 6.02. The molecule has 5 aromatic rings. The van der Waals surface area contributed by atoms with E-state index in [1.807, 2.05) is 24.3 Å². The molecule has 0 N–H and O–H groups in total. The number of para-hydroxylation sites is 2. The van der Waals surface area contributed by atoms with Crippen LogP contribution in [0.25, 0.3) is 20.2 Å². The topological polar surface area (TPSA) is 20.3 Å². The average Bonchev–Trinajstić information content (AvgIpc) is 2.80. The number of hydrogen-bond donors (Lipinski definition) is 0. The van der Waals surface area contributed by atoms with Crippen LogP contribution in [0.2, 0.25) is 13.1 Å². The summed E-state index contributed by atoms with van der Waals surface area (Å²) in [5.74, 6) is 0. The van der Waals surface area contributed by atoms with E-state index in [1.165, 1.54) is 21.7 Å². The molecule has 0 unspecified atom stereocenters. The van der Waals surface area contributed by atoms with Crippen LogP contribution < -0.4 is 20.7 Å². The fourth-order valence-corrected chi connectivity index (χ4v) is 8.92. The molecule has 6 rings (SSSR count). The second-order valence-electron chi connectivity index (χ2n) is 8.60. The first-order valence-corrected chi connectivity index (χ1v) is 14.3. The first kappa shape index (κ1) is 18.5. The number of nitrogens with zero attached hydrogens (tertiary/aromatic N) is 1. The summed E-state index contributed by atoms with van der Waals surface area (Å²) in [4.78, 5) is 15.6. The van der Waals surface area contributed by atoms with E-state index in [0.29, 0.717) is 0 Å². The summed E-state index contributed by atoms with van der Waals surface area (Å²) in [6, 6.07) is 31.7. The Morgan fingerprint density at radius 1 is 0.677 bits per heavy atom. The van der Waals surface area contributed by atoms with Gasteiger partial charge < -0.3 is 4.90 Å². The van der Waals surface area contributed by atoms with Gasteiger partial charge in [0.1, 0.15) is 8.07 Å². The van der Waals surface area contributed by atoms with Gasteiger partial charge in [-0.1, -0.05) is 61.6 Å². The van der Waals surface area contributed by atoms with Crippen LogP contribution in [-0.4, -0.2) is 8.07 Å². The molecule has 0 aliphatic carbocycles. The lowest BCUT2D eigenvalue weighted by molar-refractivity contribution is 1.29. The molecular formula is C27H21NOSSi. The number of fused-ring (bicyclic) bond motifs is 4. The van der Waals surface area contributed by atoms with Gasteiger partial charge in [-0.25, -0.2) is 0 Å². The van der Waals surface area contributed by atoms with E-state index >= 15 is 0 Å². The number of anilines is 3.